The fourth-order valence-corrected chi connectivity index (χ4v) is 6.28. The van der Waals surface area contributed by atoms with Crippen LogP contribution in [0.1, 0.15) is 22.3 Å². The topological polar surface area (TPSA) is 107 Å². The Balaban J connectivity index is 0.000000119. The molecule has 0 bridgehead atoms. The second kappa shape index (κ2) is 14.1. The average molecular weight is 751 g/mol. The number of aromatic nitrogens is 8. The fourth-order valence-electron chi connectivity index (χ4n) is 6.28. The third-order valence-electron chi connectivity index (χ3n) is 9.05. The van der Waals surface area contributed by atoms with Gasteiger partial charge in [-0.3, -0.25) is 19.9 Å². The molecule has 6 heterocycles. The van der Waals surface area contributed by atoms with Crippen LogP contribution >= 0.6 is 0 Å². The second-order valence-electron chi connectivity index (χ2n) is 12.4. The summed E-state index contributed by atoms with van der Waals surface area (Å²) in [6.45, 7) is 8.41. The Labute approximate surface area is 307 Å². The molecule has 9 heteroatoms. The van der Waals surface area contributed by atoms with Gasteiger partial charge in [-0.1, -0.05) is 60.7 Å². The molecule has 249 valence electrons. The number of pyridine rings is 4. The standard InChI is InChI=1S/C14H9N4.2C14H12N2.Ru/c1-2-6-10-9(5-1)15-13(16-10)14-17-11-7-3-4-8-12(11)18-14;2*1-9-5-7-15-13-11(9)3-4-12-10(2)6-8-16-14(12)13;/h1-8H,(H-,15,16,17,18);2*3-8H,1-2H3;/q-1;;;+1. The van der Waals surface area contributed by atoms with Crippen LogP contribution in [0, 0.1) is 27.7 Å². The van der Waals surface area contributed by atoms with Gasteiger partial charge in [0.05, 0.1) is 33.1 Å². The van der Waals surface area contributed by atoms with E-state index in [-0.39, 0.29) is 19.5 Å². The third kappa shape index (κ3) is 6.44. The van der Waals surface area contributed by atoms with E-state index in [1.165, 1.54) is 43.8 Å². The molecule has 0 atom stereocenters. The van der Waals surface area contributed by atoms with Gasteiger partial charge in [-0.25, -0.2) is 4.98 Å². The van der Waals surface area contributed by atoms with Gasteiger partial charge in [0.1, 0.15) is 5.82 Å². The number of benzene rings is 4. The van der Waals surface area contributed by atoms with Crippen LogP contribution in [0.15, 0.2) is 122 Å². The summed E-state index contributed by atoms with van der Waals surface area (Å²) in [4.78, 5) is 34.5. The normalized spacial score (nSPS) is 11.0. The van der Waals surface area contributed by atoms with E-state index in [4.69, 9.17) is 0 Å². The van der Waals surface area contributed by atoms with E-state index >= 15 is 0 Å². The van der Waals surface area contributed by atoms with E-state index in [1.54, 1.807) is 0 Å². The molecule has 10 rings (SSSR count). The molecule has 0 unspecified atom stereocenters. The molecule has 0 aliphatic rings. The fraction of sp³-hybridized carbons (Fsp3) is 0.0952. The molecule has 1 N–H and O–H groups in total. The molecule has 0 saturated heterocycles. The number of para-hydroxylation sites is 4. The minimum atomic E-state index is 0. The smallest absolute Gasteiger partial charge is 0.433 e. The van der Waals surface area contributed by atoms with Crippen molar-refractivity contribution in [3.8, 4) is 11.6 Å². The van der Waals surface area contributed by atoms with Crippen molar-refractivity contribution in [3.05, 3.63) is 144 Å². The molecule has 51 heavy (non-hydrogen) atoms. The second-order valence-corrected chi connectivity index (χ2v) is 12.4. The van der Waals surface area contributed by atoms with Crippen LogP contribution in [0.5, 0.6) is 0 Å². The van der Waals surface area contributed by atoms with Crippen molar-refractivity contribution in [2.75, 3.05) is 0 Å². The summed E-state index contributed by atoms with van der Waals surface area (Å²) in [5, 5.41) is 4.75. The summed E-state index contributed by atoms with van der Waals surface area (Å²) in [5.74, 6) is 1.36. The number of fused-ring (bicyclic) bond motifs is 8. The first-order valence-electron chi connectivity index (χ1n) is 16.5. The molecule has 0 amide bonds. The Hall–Kier alpha value is -5.92. The van der Waals surface area contributed by atoms with Crippen LogP contribution in [0.25, 0.3) is 77.3 Å². The number of nitrogens with zero attached hydrogens (tertiary/aromatic N) is 7. The van der Waals surface area contributed by atoms with Crippen molar-refractivity contribution >= 4 is 65.7 Å². The van der Waals surface area contributed by atoms with Crippen molar-refractivity contribution in [2.45, 2.75) is 27.7 Å². The SMILES string of the molecule is Cc1ccnc2c1ccc1c(C)ccnc12.Cc1ccnc2c1ccc1c(C)ccnc12.[Ru+].c1ccc2[n-]c(-c3nc4ccccc4[nH]3)nc2c1. The first-order chi connectivity index (χ1) is 24.4. The van der Waals surface area contributed by atoms with Gasteiger partial charge < -0.3 is 15.0 Å². The molecular formula is C42H33N8Ru. The quantitative estimate of drug-likeness (QED) is 0.132. The van der Waals surface area contributed by atoms with Gasteiger partial charge in [-0.05, 0) is 103 Å². The predicted molar refractivity (Wildman–Crippen MR) is 203 cm³/mol. The Bertz CT molecular complexity index is 2460. The van der Waals surface area contributed by atoms with Crippen LogP contribution in [-0.4, -0.2) is 34.9 Å². The van der Waals surface area contributed by atoms with E-state index in [1.807, 2.05) is 97.6 Å². The first-order valence-corrected chi connectivity index (χ1v) is 16.5. The molecule has 0 aliphatic heterocycles. The maximum absolute atomic E-state index is 4.50. The van der Waals surface area contributed by atoms with E-state index in [2.05, 4.69) is 91.8 Å². The molecule has 8 nitrogen and oxygen atoms in total. The summed E-state index contributed by atoms with van der Waals surface area (Å²) in [5.41, 5.74) is 12.7. The van der Waals surface area contributed by atoms with Gasteiger partial charge in [-0.2, -0.15) is 0 Å². The molecule has 0 aliphatic carbocycles. The summed E-state index contributed by atoms with van der Waals surface area (Å²) in [7, 11) is 0. The summed E-state index contributed by atoms with van der Waals surface area (Å²) in [6, 6.07) is 32.4. The van der Waals surface area contributed by atoms with E-state index in [9.17, 15) is 0 Å². The third-order valence-corrected chi connectivity index (χ3v) is 9.05. The number of nitrogens with one attached hydrogen (secondary N) is 1. The molecule has 6 aromatic heterocycles. The van der Waals surface area contributed by atoms with Crippen molar-refractivity contribution < 1.29 is 19.5 Å². The molecule has 0 spiro atoms. The molecule has 0 saturated carbocycles. The maximum atomic E-state index is 4.50. The zero-order chi connectivity index (χ0) is 34.2. The molecule has 1 radical (unpaired) electrons. The summed E-state index contributed by atoms with van der Waals surface area (Å²) < 4.78 is 0. The van der Waals surface area contributed by atoms with Gasteiger partial charge in [0.2, 0.25) is 0 Å². The van der Waals surface area contributed by atoms with Gasteiger partial charge in [0.15, 0.2) is 0 Å². The minimum absolute atomic E-state index is 0. The predicted octanol–water partition coefficient (Wildman–Crippen LogP) is 9.53. The zero-order valence-electron chi connectivity index (χ0n) is 28.5. The Morgan fingerprint density at radius 1 is 0.451 bits per heavy atom. The van der Waals surface area contributed by atoms with Crippen LogP contribution in [0.4, 0.5) is 0 Å². The van der Waals surface area contributed by atoms with Crippen molar-refractivity contribution in [1.29, 1.82) is 0 Å². The summed E-state index contributed by atoms with van der Waals surface area (Å²) >= 11 is 0. The average Bonchev–Trinajstić information content (AvgIpc) is 3.78. The minimum Gasteiger partial charge on any atom is -0.433 e. The number of H-pyrrole nitrogens is 1. The van der Waals surface area contributed by atoms with Crippen LogP contribution in [0.3, 0.4) is 0 Å². The molecule has 4 aromatic carbocycles. The Kier molecular flexibility index (Phi) is 9.31. The molecule has 0 fully saturated rings. The number of hydrogen-bond acceptors (Lipinski definition) is 6. The van der Waals surface area contributed by atoms with Crippen molar-refractivity contribution in [3.63, 3.8) is 0 Å². The number of rotatable bonds is 1. The largest absolute Gasteiger partial charge is 1.00 e. The van der Waals surface area contributed by atoms with E-state index < -0.39 is 0 Å². The number of hydrogen-bond donors (Lipinski definition) is 1. The number of aryl methyl sites for hydroxylation is 4. The zero-order valence-corrected chi connectivity index (χ0v) is 30.3. The van der Waals surface area contributed by atoms with Gasteiger partial charge in [0.25, 0.3) is 0 Å². The Morgan fingerprint density at radius 2 is 0.863 bits per heavy atom. The van der Waals surface area contributed by atoms with Crippen LogP contribution < -0.4 is 4.98 Å². The Morgan fingerprint density at radius 3 is 1.29 bits per heavy atom. The first kappa shape index (κ1) is 33.6. The molecular weight excluding hydrogens is 718 g/mol. The molecule has 10 aromatic rings. The van der Waals surface area contributed by atoms with Crippen LogP contribution in [0.2, 0.25) is 0 Å². The van der Waals surface area contributed by atoms with Gasteiger partial charge >= 0.3 is 19.5 Å². The number of aromatic amines is 1. The van der Waals surface area contributed by atoms with E-state index in [0.717, 1.165) is 44.1 Å². The number of imidazole rings is 2. The monoisotopic (exact) mass is 751 g/mol. The van der Waals surface area contributed by atoms with Crippen molar-refractivity contribution in [2.24, 2.45) is 0 Å². The van der Waals surface area contributed by atoms with Gasteiger partial charge in [0, 0.05) is 46.3 Å². The van der Waals surface area contributed by atoms with Gasteiger partial charge in [-0.15, -0.1) is 0 Å². The van der Waals surface area contributed by atoms with Crippen LogP contribution in [-0.2, 0) is 19.5 Å². The van der Waals surface area contributed by atoms with E-state index in [0.29, 0.717) is 11.6 Å². The summed E-state index contributed by atoms with van der Waals surface area (Å²) in [6.07, 6.45) is 7.39. The maximum Gasteiger partial charge on any atom is 1.00 e. The van der Waals surface area contributed by atoms with Crippen molar-refractivity contribution in [1.82, 2.24) is 39.9 Å².